The lowest BCUT2D eigenvalue weighted by Crippen LogP contribution is -2.40. The normalized spacial score (nSPS) is 16.3. The van der Waals surface area contributed by atoms with Crippen molar-refractivity contribution in [2.24, 2.45) is 0 Å². The summed E-state index contributed by atoms with van der Waals surface area (Å²) in [6.07, 6.45) is 4.03. The van der Waals surface area contributed by atoms with E-state index < -0.39 is 0 Å². The molecule has 0 spiro atoms. The van der Waals surface area contributed by atoms with E-state index in [1.54, 1.807) is 23.5 Å². The number of rotatable bonds is 6. The van der Waals surface area contributed by atoms with E-state index in [1.165, 1.54) is 0 Å². The number of aromatic nitrogens is 1. The van der Waals surface area contributed by atoms with Crippen LogP contribution < -0.4 is 15.0 Å². The number of nitrogens with one attached hydrogen (secondary N) is 1. The minimum absolute atomic E-state index is 0.0627. The molecule has 0 saturated carbocycles. The van der Waals surface area contributed by atoms with Gasteiger partial charge >= 0.3 is 0 Å². The lowest BCUT2D eigenvalue weighted by Gasteiger charge is -2.24. The maximum absolute atomic E-state index is 12.5. The lowest BCUT2D eigenvalue weighted by atomic mass is 10.2. The SMILES string of the molecule is O=C(NCC1CCCN1c1nccs1)c1ccc(Oc2ccccc2)cc1. The van der Waals surface area contributed by atoms with Crippen molar-refractivity contribution in [2.45, 2.75) is 18.9 Å². The molecule has 1 atom stereocenters. The van der Waals surface area contributed by atoms with Crippen LogP contribution in [0.2, 0.25) is 0 Å². The number of para-hydroxylation sites is 1. The number of nitrogens with zero attached hydrogens (tertiary/aromatic N) is 2. The van der Waals surface area contributed by atoms with E-state index in [1.807, 2.05) is 54.0 Å². The zero-order valence-corrected chi connectivity index (χ0v) is 15.7. The van der Waals surface area contributed by atoms with E-state index in [2.05, 4.69) is 15.2 Å². The zero-order valence-electron chi connectivity index (χ0n) is 14.9. The number of ether oxygens (including phenoxy) is 1. The largest absolute Gasteiger partial charge is 0.457 e. The second-order valence-electron chi connectivity index (χ2n) is 6.45. The molecule has 6 heteroatoms. The second-order valence-corrected chi connectivity index (χ2v) is 7.33. The first-order chi connectivity index (χ1) is 13.3. The van der Waals surface area contributed by atoms with Crippen LogP contribution in [0, 0.1) is 0 Å². The van der Waals surface area contributed by atoms with Gasteiger partial charge in [0.1, 0.15) is 11.5 Å². The van der Waals surface area contributed by atoms with Gasteiger partial charge < -0.3 is 15.0 Å². The van der Waals surface area contributed by atoms with Crippen LogP contribution >= 0.6 is 11.3 Å². The van der Waals surface area contributed by atoms with Gasteiger partial charge in [0, 0.05) is 36.3 Å². The van der Waals surface area contributed by atoms with Gasteiger partial charge in [0.2, 0.25) is 0 Å². The fourth-order valence-corrected chi connectivity index (χ4v) is 4.01. The lowest BCUT2D eigenvalue weighted by molar-refractivity contribution is 0.0951. The van der Waals surface area contributed by atoms with Gasteiger partial charge in [0.25, 0.3) is 5.91 Å². The summed E-state index contributed by atoms with van der Waals surface area (Å²) in [5.74, 6) is 1.42. The van der Waals surface area contributed by atoms with Crippen molar-refractivity contribution in [1.82, 2.24) is 10.3 Å². The average Bonchev–Trinajstić information content (AvgIpc) is 3.39. The Morgan fingerprint density at radius 1 is 1.15 bits per heavy atom. The molecule has 4 rings (SSSR count). The van der Waals surface area contributed by atoms with Crippen molar-refractivity contribution in [3.05, 3.63) is 71.7 Å². The number of carbonyl (C=O) groups is 1. The van der Waals surface area contributed by atoms with Gasteiger partial charge in [-0.05, 0) is 49.2 Å². The van der Waals surface area contributed by atoms with Gasteiger partial charge in [-0.2, -0.15) is 0 Å². The molecule has 1 aliphatic heterocycles. The summed E-state index contributed by atoms with van der Waals surface area (Å²) in [6.45, 7) is 1.63. The first-order valence-corrected chi connectivity index (χ1v) is 9.95. The number of amides is 1. The van der Waals surface area contributed by atoms with Crippen LogP contribution in [0.15, 0.2) is 66.2 Å². The third kappa shape index (κ3) is 4.28. The van der Waals surface area contributed by atoms with Crippen molar-refractivity contribution in [3.8, 4) is 11.5 Å². The number of thiazole rings is 1. The third-order valence-electron chi connectivity index (χ3n) is 4.64. The quantitative estimate of drug-likeness (QED) is 0.692. The Balaban J connectivity index is 1.33. The molecule has 3 aromatic rings. The third-order valence-corrected chi connectivity index (χ3v) is 5.44. The highest BCUT2D eigenvalue weighted by atomic mass is 32.1. The molecule has 27 heavy (non-hydrogen) atoms. The molecule has 0 aliphatic carbocycles. The van der Waals surface area contributed by atoms with E-state index in [0.29, 0.717) is 23.9 Å². The smallest absolute Gasteiger partial charge is 0.251 e. The molecular weight excluding hydrogens is 358 g/mol. The van der Waals surface area contributed by atoms with Gasteiger partial charge in [0.05, 0.1) is 0 Å². The van der Waals surface area contributed by atoms with Crippen LogP contribution in [0.25, 0.3) is 0 Å². The Morgan fingerprint density at radius 2 is 1.93 bits per heavy atom. The summed E-state index contributed by atoms with van der Waals surface area (Å²) in [5, 5.41) is 6.08. The van der Waals surface area contributed by atoms with Crippen LogP contribution in [0.4, 0.5) is 5.13 Å². The summed E-state index contributed by atoms with van der Waals surface area (Å²) in [6, 6.07) is 17.1. The highest BCUT2D eigenvalue weighted by Crippen LogP contribution is 2.27. The molecule has 138 valence electrons. The molecule has 1 aromatic heterocycles. The number of benzene rings is 2. The van der Waals surface area contributed by atoms with Crippen molar-refractivity contribution in [3.63, 3.8) is 0 Å². The van der Waals surface area contributed by atoms with Gasteiger partial charge in [-0.15, -0.1) is 11.3 Å². The Labute approximate surface area is 162 Å². The maximum Gasteiger partial charge on any atom is 0.251 e. The van der Waals surface area contributed by atoms with E-state index >= 15 is 0 Å². The van der Waals surface area contributed by atoms with Crippen LogP contribution in [-0.4, -0.2) is 30.0 Å². The second kappa shape index (κ2) is 8.22. The minimum Gasteiger partial charge on any atom is -0.457 e. The minimum atomic E-state index is -0.0627. The topological polar surface area (TPSA) is 54.5 Å². The Morgan fingerprint density at radius 3 is 2.67 bits per heavy atom. The molecule has 0 bridgehead atoms. The molecule has 1 N–H and O–H groups in total. The van der Waals surface area contributed by atoms with E-state index in [9.17, 15) is 4.79 Å². The van der Waals surface area contributed by atoms with Crippen LogP contribution in [0.1, 0.15) is 23.2 Å². The standard InChI is InChI=1S/C21H21N3O2S/c25-20(23-15-17-5-4-13-24(17)21-22-12-14-27-21)16-8-10-19(11-9-16)26-18-6-2-1-3-7-18/h1-3,6-12,14,17H,4-5,13,15H2,(H,23,25). The summed E-state index contributed by atoms with van der Waals surface area (Å²) in [5.41, 5.74) is 0.634. The Kier molecular flexibility index (Phi) is 5.34. The summed E-state index contributed by atoms with van der Waals surface area (Å²) < 4.78 is 5.77. The van der Waals surface area contributed by atoms with Crippen LogP contribution in [0.3, 0.4) is 0 Å². The molecule has 1 fully saturated rings. The van der Waals surface area contributed by atoms with E-state index in [4.69, 9.17) is 4.74 Å². The maximum atomic E-state index is 12.5. The monoisotopic (exact) mass is 379 g/mol. The molecule has 1 aliphatic rings. The predicted octanol–water partition coefficient (Wildman–Crippen LogP) is 4.33. The number of hydrogen-bond donors (Lipinski definition) is 1. The predicted molar refractivity (Wildman–Crippen MR) is 108 cm³/mol. The van der Waals surface area contributed by atoms with E-state index in [0.717, 1.165) is 30.3 Å². The summed E-state index contributed by atoms with van der Waals surface area (Å²) in [4.78, 5) is 19.2. The average molecular weight is 379 g/mol. The molecule has 1 saturated heterocycles. The van der Waals surface area contributed by atoms with Crippen molar-refractivity contribution in [2.75, 3.05) is 18.0 Å². The van der Waals surface area contributed by atoms with Crippen LogP contribution in [-0.2, 0) is 0 Å². The molecular formula is C21H21N3O2S. The number of hydrogen-bond acceptors (Lipinski definition) is 5. The van der Waals surface area contributed by atoms with Crippen LogP contribution in [0.5, 0.6) is 11.5 Å². The van der Waals surface area contributed by atoms with Gasteiger partial charge in [-0.3, -0.25) is 4.79 Å². The first kappa shape index (κ1) is 17.5. The van der Waals surface area contributed by atoms with Gasteiger partial charge in [-0.1, -0.05) is 18.2 Å². The number of carbonyl (C=O) groups excluding carboxylic acids is 1. The zero-order chi connectivity index (χ0) is 18.5. The Bertz CT molecular complexity index is 866. The highest BCUT2D eigenvalue weighted by Gasteiger charge is 2.26. The molecule has 5 nitrogen and oxygen atoms in total. The van der Waals surface area contributed by atoms with Crippen molar-refractivity contribution >= 4 is 22.4 Å². The number of anilines is 1. The fraction of sp³-hybridized carbons (Fsp3) is 0.238. The molecule has 1 unspecified atom stereocenters. The van der Waals surface area contributed by atoms with Gasteiger partial charge in [-0.25, -0.2) is 4.98 Å². The Hall–Kier alpha value is -2.86. The van der Waals surface area contributed by atoms with E-state index in [-0.39, 0.29) is 5.91 Å². The van der Waals surface area contributed by atoms with Crippen molar-refractivity contribution in [1.29, 1.82) is 0 Å². The molecule has 2 heterocycles. The van der Waals surface area contributed by atoms with Crippen molar-refractivity contribution < 1.29 is 9.53 Å². The molecule has 1 amide bonds. The first-order valence-electron chi connectivity index (χ1n) is 9.07. The summed E-state index contributed by atoms with van der Waals surface area (Å²) >= 11 is 1.65. The highest BCUT2D eigenvalue weighted by molar-refractivity contribution is 7.13. The molecule has 0 radical (unpaired) electrons. The van der Waals surface area contributed by atoms with Gasteiger partial charge in [0.15, 0.2) is 5.13 Å². The molecule has 2 aromatic carbocycles. The fourth-order valence-electron chi connectivity index (χ4n) is 3.27. The summed E-state index contributed by atoms with van der Waals surface area (Å²) in [7, 11) is 0.